The molecule has 0 bridgehead atoms. The minimum Gasteiger partial charge on any atom is -0.340 e. The van der Waals surface area contributed by atoms with Crippen LogP contribution in [-0.4, -0.2) is 65.8 Å². The van der Waals surface area contributed by atoms with Gasteiger partial charge in [-0.3, -0.25) is 14.5 Å². The van der Waals surface area contributed by atoms with Crippen LogP contribution in [0.4, 0.5) is 0 Å². The lowest BCUT2D eigenvalue weighted by atomic mass is 9.95. The number of amides is 2. The van der Waals surface area contributed by atoms with Crippen LogP contribution in [0.1, 0.15) is 24.0 Å². The average molecular weight is 418 g/mol. The van der Waals surface area contributed by atoms with Crippen LogP contribution in [0, 0.1) is 5.92 Å². The molecule has 2 aromatic rings. The molecule has 2 fully saturated rings. The van der Waals surface area contributed by atoms with Gasteiger partial charge in [-0.05, 0) is 30.0 Å². The minimum absolute atomic E-state index is 0.0317. The molecule has 31 heavy (non-hydrogen) atoms. The number of nitrogens with zero attached hydrogens (tertiary/aromatic N) is 3. The van der Waals surface area contributed by atoms with Gasteiger partial charge in [0, 0.05) is 57.8 Å². The Balaban J connectivity index is 1.21. The van der Waals surface area contributed by atoms with Crippen LogP contribution >= 0.6 is 0 Å². The molecule has 162 valence electrons. The zero-order valence-corrected chi connectivity index (χ0v) is 18.0. The second-order valence-corrected chi connectivity index (χ2v) is 8.43. The van der Waals surface area contributed by atoms with Crippen molar-refractivity contribution in [2.24, 2.45) is 5.92 Å². The summed E-state index contributed by atoms with van der Waals surface area (Å²) in [7, 11) is 0. The third kappa shape index (κ3) is 5.82. The fourth-order valence-corrected chi connectivity index (χ4v) is 4.41. The van der Waals surface area contributed by atoms with E-state index in [2.05, 4.69) is 29.2 Å². The molecule has 0 N–H and O–H groups in total. The van der Waals surface area contributed by atoms with Gasteiger partial charge >= 0.3 is 0 Å². The summed E-state index contributed by atoms with van der Waals surface area (Å²) in [5, 5.41) is 0. The fourth-order valence-electron chi connectivity index (χ4n) is 4.41. The molecule has 0 radical (unpaired) electrons. The SMILES string of the molecule is O=C(/C=C/c1ccccc1)N1CCC(C(=O)N2CCN(Cc3ccccc3)CC2)CC1. The van der Waals surface area contributed by atoms with Gasteiger partial charge in [0.2, 0.25) is 11.8 Å². The van der Waals surface area contributed by atoms with Crippen LogP contribution < -0.4 is 0 Å². The molecule has 0 unspecified atom stereocenters. The van der Waals surface area contributed by atoms with E-state index in [9.17, 15) is 9.59 Å². The first kappa shape index (κ1) is 21.3. The Bertz CT molecular complexity index is 881. The molecule has 2 heterocycles. The Kier molecular flexibility index (Phi) is 7.15. The molecule has 2 saturated heterocycles. The molecule has 0 saturated carbocycles. The Hall–Kier alpha value is -2.92. The number of likely N-dealkylation sites (tertiary alicyclic amines) is 1. The fraction of sp³-hybridized carbons (Fsp3) is 0.385. The van der Waals surface area contributed by atoms with Gasteiger partial charge in [-0.25, -0.2) is 0 Å². The maximum Gasteiger partial charge on any atom is 0.246 e. The van der Waals surface area contributed by atoms with E-state index in [-0.39, 0.29) is 17.7 Å². The Morgan fingerprint density at radius 1 is 0.774 bits per heavy atom. The van der Waals surface area contributed by atoms with E-state index in [0.29, 0.717) is 13.1 Å². The largest absolute Gasteiger partial charge is 0.340 e. The van der Waals surface area contributed by atoms with Crippen molar-refractivity contribution < 1.29 is 9.59 Å². The highest BCUT2D eigenvalue weighted by Gasteiger charge is 2.31. The van der Waals surface area contributed by atoms with E-state index < -0.39 is 0 Å². The van der Waals surface area contributed by atoms with Crippen molar-refractivity contribution in [2.75, 3.05) is 39.3 Å². The van der Waals surface area contributed by atoms with Crippen LogP contribution in [0.15, 0.2) is 66.7 Å². The van der Waals surface area contributed by atoms with Crippen molar-refractivity contribution in [1.82, 2.24) is 14.7 Å². The summed E-state index contributed by atoms with van der Waals surface area (Å²) in [6.07, 6.45) is 5.01. The normalized spacial score (nSPS) is 18.5. The summed E-state index contributed by atoms with van der Waals surface area (Å²) in [4.78, 5) is 31.8. The van der Waals surface area contributed by atoms with Gasteiger partial charge in [-0.15, -0.1) is 0 Å². The smallest absolute Gasteiger partial charge is 0.246 e. The maximum atomic E-state index is 13.0. The van der Waals surface area contributed by atoms with E-state index in [0.717, 1.165) is 51.1 Å². The predicted molar refractivity (Wildman–Crippen MR) is 123 cm³/mol. The lowest BCUT2D eigenvalue weighted by Crippen LogP contribution is -2.51. The van der Waals surface area contributed by atoms with Crippen molar-refractivity contribution >= 4 is 17.9 Å². The number of hydrogen-bond donors (Lipinski definition) is 0. The first-order valence-electron chi connectivity index (χ1n) is 11.3. The van der Waals surface area contributed by atoms with Crippen molar-refractivity contribution in [1.29, 1.82) is 0 Å². The zero-order chi connectivity index (χ0) is 21.5. The molecular formula is C26H31N3O2. The van der Waals surface area contributed by atoms with Crippen LogP contribution in [0.5, 0.6) is 0 Å². The lowest BCUT2D eigenvalue weighted by molar-refractivity contribution is -0.141. The van der Waals surface area contributed by atoms with Crippen LogP contribution in [0.2, 0.25) is 0 Å². The molecule has 2 aromatic carbocycles. The van der Waals surface area contributed by atoms with E-state index in [1.54, 1.807) is 6.08 Å². The summed E-state index contributed by atoms with van der Waals surface area (Å²) in [6.45, 7) is 5.68. The van der Waals surface area contributed by atoms with Gasteiger partial charge in [-0.1, -0.05) is 60.7 Å². The average Bonchev–Trinajstić information content (AvgIpc) is 2.84. The Morgan fingerprint density at radius 2 is 1.39 bits per heavy atom. The van der Waals surface area contributed by atoms with E-state index in [1.165, 1.54) is 5.56 Å². The van der Waals surface area contributed by atoms with Crippen LogP contribution in [0.25, 0.3) is 6.08 Å². The highest BCUT2D eigenvalue weighted by Crippen LogP contribution is 2.21. The highest BCUT2D eigenvalue weighted by atomic mass is 16.2. The summed E-state index contributed by atoms with van der Waals surface area (Å²) in [5.41, 5.74) is 2.34. The zero-order valence-electron chi connectivity index (χ0n) is 18.0. The second-order valence-electron chi connectivity index (χ2n) is 8.43. The third-order valence-electron chi connectivity index (χ3n) is 6.31. The molecular weight excluding hydrogens is 386 g/mol. The Labute approximate surface area is 184 Å². The van der Waals surface area contributed by atoms with Crippen molar-refractivity contribution in [3.8, 4) is 0 Å². The number of rotatable bonds is 5. The third-order valence-corrected chi connectivity index (χ3v) is 6.31. The molecule has 0 atom stereocenters. The number of hydrogen-bond acceptors (Lipinski definition) is 3. The summed E-state index contributed by atoms with van der Waals surface area (Å²) in [6, 6.07) is 20.3. The molecule has 2 aliphatic heterocycles. The van der Waals surface area contributed by atoms with Gasteiger partial charge in [0.25, 0.3) is 0 Å². The van der Waals surface area contributed by atoms with Crippen LogP contribution in [0.3, 0.4) is 0 Å². The lowest BCUT2D eigenvalue weighted by Gasteiger charge is -2.38. The number of piperazine rings is 1. The van der Waals surface area contributed by atoms with Gasteiger partial charge in [0.1, 0.15) is 0 Å². The predicted octanol–water partition coefficient (Wildman–Crippen LogP) is 3.28. The van der Waals surface area contributed by atoms with Crippen LogP contribution in [-0.2, 0) is 16.1 Å². The highest BCUT2D eigenvalue weighted by molar-refractivity contribution is 5.92. The molecule has 0 aliphatic carbocycles. The molecule has 5 heteroatoms. The molecule has 5 nitrogen and oxygen atoms in total. The van der Waals surface area contributed by atoms with Gasteiger partial charge in [0.05, 0.1) is 0 Å². The quantitative estimate of drug-likeness (QED) is 0.702. The molecule has 0 aromatic heterocycles. The number of benzene rings is 2. The molecule has 0 spiro atoms. The topological polar surface area (TPSA) is 43.9 Å². The summed E-state index contributed by atoms with van der Waals surface area (Å²) in [5.74, 6) is 0.346. The van der Waals surface area contributed by atoms with E-state index in [4.69, 9.17) is 0 Å². The first-order chi connectivity index (χ1) is 15.2. The van der Waals surface area contributed by atoms with Gasteiger partial charge in [-0.2, -0.15) is 0 Å². The molecule has 2 amide bonds. The van der Waals surface area contributed by atoms with Gasteiger partial charge < -0.3 is 9.80 Å². The monoisotopic (exact) mass is 417 g/mol. The van der Waals surface area contributed by atoms with Crippen molar-refractivity contribution in [2.45, 2.75) is 19.4 Å². The minimum atomic E-state index is 0.0317. The van der Waals surface area contributed by atoms with Crippen molar-refractivity contribution in [3.63, 3.8) is 0 Å². The molecule has 2 aliphatic rings. The van der Waals surface area contributed by atoms with Gasteiger partial charge in [0.15, 0.2) is 0 Å². The Morgan fingerprint density at radius 3 is 2.03 bits per heavy atom. The summed E-state index contributed by atoms with van der Waals surface area (Å²) < 4.78 is 0. The van der Waals surface area contributed by atoms with E-state index in [1.807, 2.05) is 52.3 Å². The second kappa shape index (κ2) is 10.4. The number of piperidine rings is 1. The van der Waals surface area contributed by atoms with E-state index >= 15 is 0 Å². The first-order valence-corrected chi connectivity index (χ1v) is 11.3. The number of carbonyl (C=O) groups is 2. The number of carbonyl (C=O) groups excluding carboxylic acids is 2. The summed E-state index contributed by atoms with van der Waals surface area (Å²) >= 11 is 0. The standard InChI is InChI=1S/C26H31N3O2/c30-25(12-11-22-7-3-1-4-8-22)28-15-13-24(14-16-28)26(31)29-19-17-27(18-20-29)21-23-9-5-2-6-10-23/h1-12,24H,13-21H2/b12-11+. The molecule has 4 rings (SSSR count). The van der Waals surface area contributed by atoms with Crippen molar-refractivity contribution in [3.05, 3.63) is 77.9 Å². The maximum absolute atomic E-state index is 13.0.